The van der Waals surface area contributed by atoms with Gasteiger partial charge >= 0.3 is 0 Å². The summed E-state index contributed by atoms with van der Waals surface area (Å²) >= 11 is 6.01. The van der Waals surface area contributed by atoms with Crippen molar-refractivity contribution in [2.24, 2.45) is 0 Å². The zero-order valence-corrected chi connectivity index (χ0v) is 17.4. The molecular weight excluding hydrogens is 414 g/mol. The van der Waals surface area contributed by atoms with Crippen LogP contribution in [0, 0.1) is 0 Å². The minimum absolute atomic E-state index is 0.220. The van der Waals surface area contributed by atoms with Crippen LogP contribution in [0.4, 0.5) is 22.7 Å². The highest BCUT2D eigenvalue weighted by molar-refractivity contribution is 6.33. The number of carbonyl (C=O) groups is 2. The molecule has 0 unspecified atom stereocenters. The van der Waals surface area contributed by atoms with Crippen LogP contribution in [0.2, 0.25) is 5.02 Å². The number of anilines is 4. The van der Waals surface area contributed by atoms with Crippen LogP contribution in [0.25, 0.3) is 0 Å². The molecule has 5 rings (SSSR count). The van der Waals surface area contributed by atoms with Crippen LogP contribution in [-0.2, 0) is 4.74 Å². The molecule has 2 aliphatic rings. The third-order valence-electron chi connectivity index (χ3n) is 5.69. The Kier molecular flexibility index (Phi) is 4.88. The quantitative estimate of drug-likeness (QED) is 0.469. The predicted octanol–water partition coefficient (Wildman–Crippen LogP) is 4.28. The summed E-state index contributed by atoms with van der Waals surface area (Å²) in [6.45, 7) is 2.46. The number of halogens is 1. The highest BCUT2D eigenvalue weighted by Gasteiger charge is 2.35. The summed E-state index contributed by atoms with van der Waals surface area (Å²) in [6.07, 6.45) is 0. The number of ether oxygens (including phenoxy) is 1. The van der Waals surface area contributed by atoms with Gasteiger partial charge in [0.1, 0.15) is 0 Å². The number of nitrogens with two attached hydrogens (primary N) is 1. The molecule has 1 saturated heterocycles. The fourth-order valence-corrected chi connectivity index (χ4v) is 4.28. The van der Waals surface area contributed by atoms with Gasteiger partial charge in [-0.2, -0.15) is 0 Å². The maximum absolute atomic E-state index is 13.5. The number of carbonyl (C=O) groups excluding carboxylic acids is 2. The minimum atomic E-state index is -0.239. The number of hydrogen-bond donors (Lipinski definition) is 2. The lowest BCUT2D eigenvalue weighted by molar-refractivity contribution is 0.0980. The van der Waals surface area contributed by atoms with E-state index in [-0.39, 0.29) is 17.1 Å². The molecule has 1 aliphatic carbocycles. The van der Waals surface area contributed by atoms with Crippen molar-refractivity contribution in [1.29, 1.82) is 0 Å². The van der Waals surface area contributed by atoms with Gasteiger partial charge in [-0.15, -0.1) is 0 Å². The monoisotopic (exact) mass is 433 g/mol. The lowest BCUT2D eigenvalue weighted by Gasteiger charge is -2.32. The number of hydrogen-bond acceptors (Lipinski definition) is 6. The molecule has 1 aliphatic heterocycles. The van der Waals surface area contributed by atoms with Gasteiger partial charge in [-0.25, -0.2) is 0 Å². The first-order valence-electron chi connectivity index (χ1n) is 10.0. The van der Waals surface area contributed by atoms with Gasteiger partial charge in [0.25, 0.3) is 0 Å². The van der Waals surface area contributed by atoms with Gasteiger partial charge < -0.3 is 20.7 Å². The van der Waals surface area contributed by atoms with E-state index in [2.05, 4.69) is 10.2 Å². The third-order valence-corrected chi connectivity index (χ3v) is 5.94. The Morgan fingerprint density at radius 1 is 0.903 bits per heavy atom. The Balaban J connectivity index is 1.71. The summed E-state index contributed by atoms with van der Waals surface area (Å²) in [4.78, 5) is 29.0. The first-order chi connectivity index (χ1) is 15.0. The number of morpholine rings is 1. The molecule has 3 aromatic rings. The predicted molar refractivity (Wildman–Crippen MR) is 122 cm³/mol. The maximum atomic E-state index is 13.5. The van der Waals surface area contributed by atoms with Crippen molar-refractivity contribution in [2.45, 2.75) is 0 Å². The van der Waals surface area contributed by atoms with Gasteiger partial charge in [0.2, 0.25) is 0 Å². The van der Waals surface area contributed by atoms with E-state index in [9.17, 15) is 9.59 Å². The maximum Gasteiger partial charge on any atom is 0.196 e. The smallest absolute Gasteiger partial charge is 0.196 e. The second-order valence-electron chi connectivity index (χ2n) is 7.54. The van der Waals surface area contributed by atoms with Crippen molar-refractivity contribution in [3.63, 3.8) is 0 Å². The molecule has 0 aromatic heterocycles. The van der Waals surface area contributed by atoms with Crippen molar-refractivity contribution >= 4 is 45.9 Å². The fraction of sp³-hybridized carbons (Fsp3) is 0.167. The van der Waals surface area contributed by atoms with E-state index < -0.39 is 0 Å². The highest BCUT2D eigenvalue weighted by Crippen LogP contribution is 2.42. The first kappa shape index (κ1) is 19.6. The Hall–Kier alpha value is -3.35. The number of fused-ring (bicyclic) bond motifs is 2. The van der Waals surface area contributed by atoms with Crippen molar-refractivity contribution in [1.82, 2.24) is 0 Å². The molecule has 1 fully saturated rings. The van der Waals surface area contributed by atoms with Crippen LogP contribution >= 0.6 is 11.6 Å². The van der Waals surface area contributed by atoms with E-state index in [4.69, 9.17) is 22.1 Å². The second-order valence-corrected chi connectivity index (χ2v) is 7.98. The Morgan fingerprint density at radius 3 is 2.16 bits per heavy atom. The number of nitrogen functional groups attached to an aromatic ring is 1. The van der Waals surface area contributed by atoms with E-state index in [1.54, 1.807) is 36.4 Å². The van der Waals surface area contributed by atoms with Crippen molar-refractivity contribution < 1.29 is 14.3 Å². The molecule has 0 atom stereocenters. The Bertz CT molecular complexity index is 1200. The van der Waals surface area contributed by atoms with Crippen LogP contribution in [0.5, 0.6) is 0 Å². The van der Waals surface area contributed by atoms with Gasteiger partial charge in [-0.1, -0.05) is 35.9 Å². The average molecular weight is 434 g/mol. The first-order valence-corrected chi connectivity index (χ1v) is 10.4. The number of rotatable bonds is 3. The zero-order valence-electron chi connectivity index (χ0n) is 16.7. The zero-order chi connectivity index (χ0) is 21.5. The average Bonchev–Trinajstić information content (AvgIpc) is 2.80. The number of nitrogens with one attached hydrogen (secondary N) is 1. The largest absolute Gasteiger partial charge is 0.396 e. The molecule has 3 aromatic carbocycles. The van der Waals surface area contributed by atoms with E-state index in [0.717, 1.165) is 11.4 Å². The van der Waals surface area contributed by atoms with E-state index in [1.165, 1.54) is 0 Å². The van der Waals surface area contributed by atoms with Gasteiger partial charge in [-0.3, -0.25) is 9.59 Å². The van der Waals surface area contributed by atoms with E-state index >= 15 is 0 Å². The van der Waals surface area contributed by atoms with Gasteiger partial charge in [-0.05, 0) is 30.3 Å². The molecule has 0 saturated carbocycles. The lowest BCUT2D eigenvalue weighted by Crippen LogP contribution is -2.37. The molecule has 0 amide bonds. The van der Waals surface area contributed by atoms with E-state index in [0.29, 0.717) is 59.4 Å². The molecule has 0 bridgehead atoms. The summed E-state index contributed by atoms with van der Waals surface area (Å²) in [6, 6.07) is 15.9. The summed E-state index contributed by atoms with van der Waals surface area (Å²) in [7, 11) is 0. The third kappa shape index (κ3) is 3.34. The fourth-order valence-electron chi connectivity index (χ4n) is 4.16. The summed E-state index contributed by atoms with van der Waals surface area (Å²) in [5.74, 6) is -0.459. The summed E-state index contributed by atoms with van der Waals surface area (Å²) < 4.78 is 5.46. The molecular formula is C24H20ClN3O3. The van der Waals surface area contributed by atoms with Crippen LogP contribution in [-0.4, -0.2) is 37.9 Å². The summed E-state index contributed by atoms with van der Waals surface area (Å²) in [5, 5.41) is 3.91. The normalized spacial score (nSPS) is 15.5. The standard InChI is InChI=1S/C24H20ClN3O3/c25-14-5-7-15(8-6-14)27-18-13-19(28-9-11-31-12-10-28)22(26)21-20(18)23(29)16-3-1-2-4-17(16)24(21)30/h1-8,13,27H,9-12,26H2. The van der Waals surface area contributed by atoms with Crippen LogP contribution in [0.3, 0.4) is 0 Å². The Morgan fingerprint density at radius 2 is 1.52 bits per heavy atom. The molecule has 0 spiro atoms. The molecule has 1 heterocycles. The number of benzene rings is 3. The van der Waals surface area contributed by atoms with Crippen molar-refractivity contribution in [2.75, 3.05) is 42.3 Å². The van der Waals surface area contributed by atoms with Gasteiger partial charge in [0.15, 0.2) is 11.6 Å². The van der Waals surface area contributed by atoms with Crippen LogP contribution in [0.1, 0.15) is 31.8 Å². The minimum Gasteiger partial charge on any atom is -0.396 e. The van der Waals surface area contributed by atoms with Crippen LogP contribution in [0.15, 0.2) is 54.6 Å². The van der Waals surface area contributed by atoms with Crippen molar-refractivity contribution in [3.05, 3.63) is 81.9 Å². The van der Waals surface area contributed by atoms with E-state index in [1.807, 2.05) is 18.2 Å². The topological polar surface area (TPSA) is 84.7 Å². The molecule has 6 nitrogen and oxygen atoms in total. The highest BCUT2D eigenvalue weighted by atomic mass is 35.5. The molecule has 156 valence electrons. The molecule has 7 heteroatoms. The molecule has 3 N–H and O–H groups in total. The molecule has 0 radical (unpaired) electrons. The second kappa shape index (κ2) is 7.72. The summed E-state index contributed by atoms with van der Waals surface area (Å²) in [5.41, 5.74) is 10.2. The Labute approximate surface area is 184 Å². The van der Waals surface area contributed by atoms with Crippen molar-refractivity contribution in [3.8, 4) is 0 Å². The van der Waals surface area contributed by atoms with Crippen LogP contribution < -0.4 is 16.0 Å². The van der Waals surface area contributed by atoms with Gasteiger partial charge in [0, 0.05) is 34.9 Å². The number of nitrogens with zero attached hydrogens (tertiary/aromatic N) is 1. The van der Waals surface area contributed by atoms with Gasteiger partial charge in [0.05, 0.1) is 41.4 Å². The molecule has 31 heavy (non-hydrogen) atoms. The SMILES string of the molecule is Nc1c(N2CCOCC2)cc(Nc2ccc(Cl)cc2)c2c1C(=O)c1ccccc1C2=O. The number of ketones is 2. The lowest BCUT2D eigenvalue weighted by atomic mass is 9.81.